The second-order valence-corrected chi connectivity index (χ2v) is 7.80. The maximum Gasteiger partial charge on any atom is 0.332 e. The highest BCUT2D eigenvalue weighted by atomic mass is 16.5. The van der Waals surface area contributed by atoms with Crippen molar-refractivity contribution in [1.82, 2.24) is 18.7 Å². The largest absolute Gasteiger partial charge is 0.497 e. The molecule has 1 aromatic carbocycles. The summed E-state index contributed by atoms with van der Waals surface area (Å²) in [6, 6.07) is 7.75. The van der Waals surface area contributed by atoms with E-state index in [0.29, 0.717) is 23.7 Å². The maximum absolute atomic E-state index is 13.2. The molecule has 3 heterocycles. The van der Waals surface area contributed by atoms with Crippen molar-refractivity contribution in [2.24, 2.45) is 13.0 Å². The summed E-state index contributed by atoms with van der Waals surface area (Å²) in [4.78, 5) is 32.8. The van der Waals surface area contributed by atoms with Crippen molar-refractivity contribution in [2.45, 2.75) is 26.9 Å². The lowest BCUT2D eigenvalue weighted by molar-refractivity contribution is 0.414. The smallest absolute Gasteiger partial charge is 0.332 e. The Bertz CT molecular complexity index is 1230. The summed E-state index contributed by atoms with van der Waals surface area (Å²) >= 11 is 0. The lowest BCUT2D eigenvalue weighted by atomic mass is 10.1. The van der Waals surface area contributed by atoms with Crippen molar-refractivity contribution in [1.29, 1.82) is 0 Å². The fourth-order valence-corrected chi connectivity index (χ4v) is 3.91. The third-order valence-electron chi connectivity index (χ3n) is 5.24. The Morgan fingerprint density at radius 1 is 1.31 bits per heavy atom. The average molecular weight is 395 g/mol. The molecule has 1 aliphatic heterocycles. The van der Waals surface area contributed by atoms with Crippen molar-refractivity contribution in [3.05, 3.63) is 57.3 Å². The second kappa shape index (κ2) is 6.95. The Balaban J connectivity index is 1.99. The van der Waals surface area contributed by atoms with Gasteiger partial charge in [0.2, 0.25) is 5.95 Å². The molecule has 0 saturated heterocycles. The lowest BCUT2D eigenvalue weighted by Gasteiger charge is -2.33. The first-order chi connectivity index (χ1) is 13.8. The number of rotatable bonds is 4. The Morgan fingerprint density at radius 2 is 2.07 bits per heavy atom. The van der Waals surface area contributed by atoms with E-state index in [1.165, 1.54) is 9.13 Å². The molecule has 8 nitrogen and oxygen atoms in total. The fraction of sp³-hybridized carbons (Fsp3) is 0.381. The van der Waals surface area contributed by atoms with Gasteiger partial charge in [0.1, 0.15) is 5.75 Å². The van der Waals surface area contributed by atoms with Crippen LogP contribution < -0.4 is 20.9 Å². The number of hydrogen-bond donors (Lipinski definition) is 0. The van der Waals surface area contributed by atoms with Crippen LogP contribution in [-0.4, -0.2) is 32.3 Å². The molecule has 0 fully saturated rings. The van der Waals surface area contributed by atoms with Crippen LogP contribution in [0.2, 0.25) is 0 Å². The lowest BCUT2D eigenvalue weighted by Crippen LogP contribution is -2.40. The average Bonchev–Trinajstić information content (AvgIpc) is 3.08. The molecule has 1 aliphatic rings. The summed E-state index contributed by atoms with van der Waals surface area (Å²) < 4.78 is 9.97. The van der Waals surface area contributed by atoms with Crippen molar-refractivity contribution in [3.8, 4) is 5.75 Å². The SMILES string of the molecule is C=C(C)Cn1c(=O)c2c(nc3n2C[C@@H](C)CN3c2cccc(OC)c2)n(C)c1=O. The topological polar surface area (TPSA) is 74.3 Å². The zero-order valence-electron chi connectivity index (χ0n) is 17.2. The Morgan fingerprint density at radius 3 is 2.76 bits per heavy atom. The molecule has 152 valence electrons. The van der Waals surface area contributed by atoms with Gasteiger partial charge < -0.3 is 14.2 Å². The Labute approximate surface area is 168 Å². The van der Waals surface area contributed by atoms with Gasteiger partial charge in [-0.2, -0.15) is 4.98 Å². The molecule has 0 N–H and O–H groups in total. The quantitative estimate of drug-likeness (QED) is 0.634. The summed E-state index contributed by atoms with van der Waals surface area (Å²) in [7, 11) is 3.28. The number of aromatic nitrogens is 4. The summed E-state index contributed by atoms with van der Waals surface area (Å²) in [5, 5.41) is 0. The van der Waals surface area contributed by atoms with Gasteiger partial charge in [-0.3, -0.25) is 13.9 Å². The number of methoxy groups -OCH3 is 1. The van der Waals surface area contributed by atoms with E-state index in [1.54, 1.807) is 21.1 Å². The number of allylic oxidation sites excluding steroid dienone is 1. The number of aryl methyl sites for hydroxylation is 1. The molecule has 0 amide bonds. The molecule has 0 spiro atoms. The van der Waals surface area contributed by atoms with E-state index in [4.69, 9.17) is 9.72 Å². The van der Waals surface area contributed by atoms with Gasteiger partial charge in [-0.15, -0.1) is 0 Å². The van der Waals surface area contributed by atoms with Crippen LogP contribution in [0.5, 0.6) is 5.75 Å². The molecule has 2 aromatic heterocycles. The van der Waals surface area contributed by atoms with E-state index in [-0.39, 0.29) is 23.7 Å². The predicted octanol–water partition coefficient (Wildman–Crippen LogP) is 2.27. The van der Waals surface area contributed by atoms with E-state index in [9.17, 15) is 9.59 Å². The van der Waals surface area contributed by atoms with E-state index >= 15 is 0 Å². The highest BCUT2D eigenvalue weighted by Gasteiger charge is 2.30. The molecule has 1 atom stereocenters. The molecule has 0 bridgehead atoms. The summed E-state index contributed by atoms with van der Waals surface area (Å²) in [6.45, 7) is 9.39. The van der Waals surface area contributed by atoms with Gasteiger partial charge in [-0.05, 0) is 25.0 Å². The van der Waals surface area contributed by atoms with Crippen LogP contribution in [0.4, 0.5) is 11.6 Å². The standard InChI is InChI=1S/C21H25N5O3/c1-13(2)10-26-19(27)17-18(23(4)21(26)28)22-20-24(11-14(3)12-25(17)20)15-7-6-8-16(9-15)29-5/h6-9,14H,1,10-12H2,2-5H3/t14-/m0/s1. The van der Waals surface area contributed by atoms with Crippen molar-refractivity contribution >= 4 is 22.8 Å². The van der Waals surface area contributed by atoms with Crippen LogP contribution in [-0.2, 0) is 20.1 Å². The van der Waals surface area contributed by atoms with Crippen LogP contribution in [0.25, 0.3) is 11.2 Å². The third kappa shape index (κ3) is 3.04. The number of benzene rings is 1. The van der Waals surface area contributed by atoms with Crippen LogP contribution in [0.1, 0.15) is 13.8 Å². The van der Waals surface area contributed by atoms with Crippen LogP contribution >= 0.6 is 0 Å². The minimum atomic E-state index is -0.387. The van der Waals surface area contributed by atoms with Crippen molar-refractivity contribution in [3.63, 3.8) is 0 Å². The van der Waals surface area contributed by atoms with Gasteiger partial charge in [0.05, 0.1) is 13.7 Å². The van der Waals surface area contributed by atoms with E-state index in [2.05, 4.69) is 18.4 Å². The second-order valence-electron chi connectivity index (χ2n) is 7.80. The molecule has 3 aromatic rings. The van der Waals surface area contributed by atoms with Gasteiger partial charge in [-0.25, -0.2) is 4.79 Å². The highest BCUT2D eigenvalue weighted by molar-refractivity contribution is 5.77. The molecule has 0 saturated carbocycles. The van der Waals surface area contributed by atoms with Gasteiger partial charge in [-0.1, -0.05) is 25.1 Å². The van der Waals surface area contributed by atoms with Crippen LogP contribution in [0.3, 0.4) is 0 Å². The van der Waals surface area contributed by atoms with Gasteiger partial charge in [0, 0.05) is 31.9 Å². The molecule has 0 radical (unpaired) electrons. The monoisotopic (exact) mass is 395 g/mol. The van der Waals surface area contributed by atoms with E-state index in [1.807, 2.05) is 28.8 Å². The Kier molecular flexibility index (Phi) is 4.56. The minimum Gasteiger partial charge on any atom is -0.497 e. The molecular weight excluding hydrogens is 370 g/mol. The number of ether oxygens (including phenoxy) is 1. The predicted molar refractivity (Wildman–Crippen MR) is 113 cm³/mol. The summed E-state index contributed by atoms with van der Waals surface area (Å²) in [5.41, 5.74) is 1.80. The number of nitrogens with zero attached hydrogens (tertiary/aromatic N) is 5. The number of anilines is 2. The van der Waals surface area contributed by atoms with Gasteiger partial charge >= 0.3 is 5.69 Å². The van der Waals surface area contributed by atoms with Crippen molar-refractivity contribution < 1.29 is 4.74 Å². The first-order valence-electron chi connectivity index (χ1n) is 9.57. The molecular formula is C21H25N5O3. The molecule has 4 rings (SSSR count). The van der Waals surface area contributed by atoms with E-state index < -0.39 is 0 Å². The highest BCUT2D eigenvalue weighted by Crippen LogP contribution is 2.34. The van der Waals surface area contributed by atoms with Gasteiger partial charge in [0.15, 0.2) is 11.2 Å². The summed E-state index contributed by atoms with van der Waals surface area (Å²) in [6.07, 6.45) is 0. The number of hydrogen-bond acceptors (Lipinski definition) is 5. The van der Waals surface area contributed by atoms with Crippen LogP contribution in [0.15, 0.2) is 46.0 Å². The number of imidazole rings is 1. The molecule has 0 aliphatic carbocycles. The molecule has 29 heavy (non-hydrogen) atoms. The summed E-state index contributed by atoms with van der Waals surface area (Å²) in [5.74, 6) is 1.70. The minimum absolute atomic E-state index is 0.192. The zero-order valence-corrected chi connectivity index (χ0v) is 17.2. The third-order valence-corrected chi connectivity index (χ3v) is 5.24. The normalized spacial score (nSPS) is 16.1. The van der Waals surface area contributed by atoms with Crippen LogP contribution in [0, 0.1) is 5.92 Å². The van der Waals surface area contributed by atoms with Crippen molar-refractivity contribution in [2.75, 3.05) is 18.6 Å². The molecule has 0 unspecified atom stereocenters. The maximum atomic E-state index is 13.2. The number of fused-ring (bicyclic) bond motifs is 3. The molecule has 8 heteroatoms. The Hall–Kier alpha value is -3.29. The first-order valence-corrected chi connectivity index (χ1v) is 9.57. The first kappa shape index (κ1) is 19.0. The van der Waals surface area contributed by atoms with E-state index in [0.717, 1.165) is 23.6 Å². The zero-order chi connectivity index (χ0) is 20.9. The van der Waals surface area contributed by atoms with Gasteiger partial charge in [0.25, 0.3) is 5.56 Å². The fourth-order valence-electron chi connectivity index (χ4n) is 3.91.